The number of nitrogens with zero attached hydrogens (tertiary/aromatic N) is 6. The molecule has 5 heterocycles. The predicted molar refractivity (Wildman–Crippen MR) is 131 cm³/mol. The second kappa shape index (κ2) is 10.6. The van der Waals surface area contributed by atoms with Gasteiger partial charge in [0.15, 0.2) is 5.65 Å². The number of amides is 1. The maximum atomic E-state index is 13.0. The fourth-order valence-corrected chi connectivity index (χ4v) is 4.83. The Morgan fingerprint density at radius 1 is 1.06 bits per heavy atom. The smallest absolute Gasteiger partial charge is 0.350 e. The monoisotopic (exact) mass is 480 g/mol. The van der Waals surface area contributed by atoms with Crippen molar-refractivity contribution in [2.75, 3.05) is 51.5 Å². The van der Waals surface area contributed by atoms with Crippen LogP contribution in [0.3, 0.4) is 0 Å². The third-order valence-corrected chi connectivity index (χ3v) is 6.68. The van der Waals surface area contributed by atoms with Crippen molar-refractivity contribution in [3.05, 3.63) is 52.2 Å². The Bertz CT molecular complexity index is 1250. The average Bonchev–Trinajstić information content (AvgIpc) is 3.22. The second-order valence-electron chi connectivity index (χ2n) is 9.04. The number of fused-ring (bicyclic) bond motifs is 2. The number of carbonyl (C=O) groups excluding carboxylic acids is 1. The van der Waals surface area contributed by atoms with Gasteiger partial charge in [-0.2, -0.15) is 0 Å². The summed E-state index contributed by atoms with van der Waals surface area (Å²) < 4.78 is 13.4. The summed E-state index contributed by atoms with van der Waals surface area (Å²) in [6.07, 6.45) is 8.64. The van der Waals surface area contributed by atoms with Crippen molar-refractivity contribution in [2.24, 2.45) is 0 Å². The summed E-state index contributed by atoms with van der Waals surface area (Å²) in [5.41, 5.74) is 3.05. The third kappa shape index (κ3) is 4.94. The Morgan fingerprint density at radius 2 is 1.91 bits per heavy atom. The number of methoxy groups -OCH3 is 1. The van der Waals surface area contributed by atoms with Crippen LogP contribution in [-0.4, -0.2) is 76.5 Å². The Labute approximate surface area is 204 Å². The van der Waals surface area contributed by atoms with E-state index in [2.05, 4.69) is 10.00 Å². The molecule has 2 aliphatic rings. The lowest BCUT2D eigenvalue weighted by atomic mass is 10.0. The van der Waals surface area contributed by atoms with Crippen LogP contribution in [0.15, 0.2) is 35.4 Å². The van der Waals surface area contributed by atoms with Gasteiger partial charge in [0.25, 0.3) is 5.91 Å². The van der Waals surface area contributed by atoms with Crippen LogP contribution in [-0.2, 0) is 22.4 Å². The summed E-state index contributed by atoms with van der Waals surface area (Å²) in [6, 6.07) is 5.83. The van der Waals surface area contributed by atoms with E-state index in [9.17, 15) is 9.59 Å². The fraction of sp³-hybridized carbons (Fsp3) is 0.520. The number of hydrogen-bond acceptors (Lipinski definition) is 7. The number of pyridine rings is 2. The first kappa shape index (κ1) is 23.5. The van der Waals surface area contributed by atoms with E-state index in [1.807, 2.05) is 23.1 Å². The van der Waals surface area contributed by atoms with Crippen LogP contribution in [0.1, 0.15) is 41.6 Å². The summed E-state index contributed by atoms with van der Waals surface area (Å²) in [5.74, 6) is 0.943. The maximum absolute atomic E-state index is 13.0. The first-order chi connectivity index (χ1) is 17.2. The molecule has 0 radical (unpaired) electrons. The van der Waals surface area contributed by atoms with Crippen molar-refractivity contribution < 1.29 is 14.3 Å². The quantitative estimate of drug-likeness (QED) is 0.457. The zero-order chi connectivity index (χ0) is 24.2. The number of anilines is 2. The largest absolute Gasteiger partial charge is 0.382 e. The Hall–Kier alpha value is -3.24. The van der Waals surface area contributed by atoms with Crippen molar-refractivity contribution in [1.29, 1.82) is 0 Å². The number of aromatic nitrogens is 4. The van der Waals surface area contributed by atoms with E-state index < -0.39 is 0 Å². The second-order valence-corrected chi connectivity index (χ2v) is 9.04. The van der Waals surface area contributed by atoms with E-state index in [0.29, 0.717) is 37.6 Å². The molecular weight excluding hydrogens is 448 g/mol. The van der Waals surface area contributed by atoms with Crippen LogP contribution in [0.25, 0.3) is 5.65 Å². The summed E-state index contributed by atoms with van der Waals surface area (Å²) in [7, 11) is 1.62. The molecule has 10 nitrogen and oxygen atoms in total. The molecule has 10 heteroatoms. The number of aryl methyl sites for hydroxylation is 1. The van der Waals surface area contributed by atoms with E-state index >= 15 is 0 Å². The number of rotatable bonds is 8. The van der Waals surface area contributed by atoms with Crippen LogP contribution < -0.4 is 10.6 Å². The summed E-state index contributed by atoms with van der Waals surface area (Å²) in [6.45, 7) is 4.23. The standard InChI is InChI=1S/C25H32N6O4/c1-34-14-15-35-13-12-31-25(33)30-11-7-21(17-22(30)27-31)29-10-5-6-19-16-20(18-26-23(19)29)24(32)28-8-3-2-4-9-28/h7,11,16-18H,2-6,8-10,12-15H2,1H3. The first-order valence-corrected chi connectivity index (χ1v) is 12.4. The normalized spacial score (nSPS) is 16.0. The molecule has 0 spiro atoms. The molecule has 35 heavy (non-hydrogen) atoms. The van der Waals surface area contributed by atoms with Gasteiger partial charge in [-0.25, -0.2) is 14.5 Å². The van der Waals surface area contributed by atoms with Crippen molar-refractivity contribution in [3.63, 3.8) is 0 Å². The van der Waals surface area contributed by atoms with Gasteiger partial charge in [0.2, 0.25) is 0 Å². The van der Waals surface area contributed by atoms with Crippen molar-refractivity contribution in [2.45, 2.75) is 38.6 Å². The predicted octanol–water partition coefficient (Wildman–Crippen LogP) is 2.26. The number of piperidine rings is 1. The molecule has 0 atom stereocenters. The molecule has 0 saturated carbocycles. The van der Waals surface area contributed by atoms with E-state index in [1.54, 1.807) is 19.5 Å². The Balaban J connectivity index is 1.35. The zero-order valence-corrected chi connectivity index (χ0v) is 20.2. The summed E-state index contributed by atoms with van der Waals surface area (Å²) >= 11 is 0. The fourth-order valence-electron chi connectivity index (χ4n) is 4.83. The highest BCUT2D eigenvalue weighted by molar-refractivity contribution is 5.94. The molecule has 0 bridgehead atoms. The van der Waals surface area contributed by atoms with E-state index in [4.69, 9.17) is 14.5 Å². The minimum absolute atomic E-state index is 0.0784. The van der Waals surface area contributed by atoms with E-state index in [0.717, 1.165) is 62.4 Å². The van der Waals surface area contributed by atoms with Gasteiger partial charge in [-0.1, -0.05) is 0 Å². The molecule has 5 rings (SSSR count). The number of likely N-dealkylation sites (tertiary alicyclic amines) is 1. The van der Waals surface area contributed by atoms with E-state index in [-0.39, 0.29) is 11.6 Å². The van der Waals surface area contributed by atoms with Crippen LogP contribution in [0.2, 0.25) is 0 Å². The SMILES string of the molecule is COCCOCCn1nc2cc(N3CCCc4cc(C(=O)N5CCCCC5)cnc43)ccn2c1=O. The Kier molecular flexibility index (Phi) is 7.10. The highest BCUT2D eigenvalue weighted by Crippen LogP contribution is 2.32. The molecule has 0 N–H and O–H groups in total. The van der Waals surface area contributed by atoms with Crippen LogP contribution in [0.4, 0.5) is 11.5 Å². The minimum atomic E-state index is -0.195. The van der Waals surface area contributed by atoms with Crippen LogP contribution in [0.5, 0.6) is 0 Å². The molecule has 186 valence electrons. The van der Waals surface area contributed by atoms with Crippen molar-refractivity contribution >= 4 is 23.1 Å². The minimum Gasteiger partial charge on any atom is -0.382 e. The van der Waals surface area contributed by atoms with Gasteiger partial charge in [-0.3, -0.25) is 9.20 Å². The lowest BCUT2D eigenvalue weighted by Gasteiger charge is -2.31. The molecule has 0 unspecified atom stereocenters. The highest BCUT2D eigenvalue weighted by Gasteiger charge is 2.24. The number of carbonyl (C=O) groups is 1. The van der Waals surface area contributed by atoms with Crippen LogP contribution >= 0.6 is 0 Å². The number of hydrogen-bond donors (Lipinski definition) is 0. The number of ether oxygens (including phenoxy) is 2. The summed E-state index contributed by atoms with van der Waals surface area (Å²) in [4.78, 5) is 34.5. The third-order valence-electron chi connectivity index (χ3n) is 6.68. The molecule has 3 aromatic heterocycles. The molecule has 1 fully saturated rings. The van der Waals surface area contributed by atoms with Crippen molar-refractivity contribution in [1.82, 2.24) is 24.1 Å². The van der Waals surface area contributed by atoms with Gasteiger partial charge in [-0.15, -0.1) is 5.10 Å². The topological polar surface area (TPSA) is 94.2 Å². The molecule has 1 saturated heterocycles. The van der Waals surface area contributed by atoms with Gasteiger partial charge in [0.1, 0.15) is 5.82 Å². The summed E-state index contributed by atoms with van der Waals surface area (Å²) in [5, 5.41) is 4.49. The molecule has 1 amide bonds. The highest BCUT2D eigenvalue weighted by atomic mass is 16.5. The first-order valence-electron chi connectivity index (χ1n) is 12.4. The lowest BCUT2D eigenvalue weighted by Crippen LogP contribution is -2.36. The zero-order valence-electron chi connectivity index (χ0n) is 20.2. The van der Waals surface area contributed by atoms with E-state index in [1.165, 1.54) is 15.5 Å². The van der Waals surface area contributed by atoms with Gasteiger partial charge in [0.05, 0.1) is 31.9 Å². The lowest BCUT2D eigenvalue weighted by molar-refractivity contribution is 0.0650. The van der Waals surface area contributed by atoms with Crippen LogP contribution in [0, 0.1) is 0 Å². The molecule has 2 aliphatic heterocycles. The molecule has 0 aromatic carbocycles. The molecular formula is C25H32N6O4. The van der Waals surface area contributed by atoms with Gasteiger partial charge < -0.3 is 19.3 Å². The Morgan fingerprint density at radius 3 is 2.74 bits per heavy atom. The molecule has 3 aromatic rings. The van der Waals surface area contributed by atoms with Gasteiger partial charge in [-0.05, 0) is 49.8 Å². The maximum Gasteiger partial charge on any atom is 0.350 e. The average molecular weight is 481 g/mol. The molecule has 0 aliphatic carbocycles. The van der Waals surface area contributed by atoms with Gasteiger partial charge >= 0.3 is 5.69 Å². The van der Waals surface area contributed by atoms with Crippen molar-refractivity contribution in [3.8, 4) is 0 Å². The van der Waals surface area contributed by atoms with Gasteiger partial charge in [0, 0.05) is 50.9 Å².